The van der Waals surface area contributed by atoms with Crippen molar-refractivity contribution in [2.75, 3.05) is 6.54 Å². The minimum Gasteiger partial charge on any atom is -0.349 e. The minimum absolute atomic E-state index is 0. The predicted octanol–water partition coefficient (Wildman–Crippen LogP) is 3.50. The van der Waals surface area contributed by atoms with Gasteiger partial charge < -0.3 is 11.1 Å². The smallest absolute Gasteiger partial charge is 0.253 e. The summed E-state index contributed by atoms with van der Waals surface area (Å²) in [5.41, 5.74) is 8.70. The van der Waals surface area contributed by atoms with Crippen LogP contribution in [0.25, 0.3) is 5.69 Å². The monoisotopic (exact) mass is 418 g/mol. The molecular formula is C21H24Cl2N4O. The summed E-state index contributed by atoms with van der Waals surface area (Å²) in [6.07, 6.45) is 5.27. The number of rotatable bonds is 5. The number of carbonyl (C=O) groups is 1. The van der Waals surface area contributed by atoms with Crippen LogP contribution in [0, 0.1) is 0 Å². The highest BCUT2D eigenvalue weighted by Crippen LogP contribution is 2.43. The maximum absolute atomic E-state index is 12.8. The Morgan fingerprint density at radius 2 is 1.75 bits per heavy atom. The van der Waals surface area contributed by atoms with Crippen LogP contribution in [0.2, 0.25) is 0 Å². The first-order chi connectivity index (χ1) is 12.7. The highest BCUT2D eigenvalue weighted by Gasteiger charge is 2.45. The molecule has 2 aromatic carbocycles. The largest absolute Gasteiger partial charge is 0.349 e. The third-order valence-electron chi connectivity index (χ3n) is 5.29. The fourth-order valence-electron chi connectivity index (χ4n) is 3.84. The highest BCUT2D eigenvalue weighted by atomic mass is 35.5. The summed E-state index contributed by atoms with van der Waals surface area (Å²) in [7, 11) is 0. The van der Waals surface area contributed by atoms with Crippen LogP contribution in [-0.2, 0) is 5.41 Å². The number of carbonyl (C=O) groups excluding carboxylic acids is 1. The summed E-state index contributed by atoms with van der Waals surface area (Å²) in [6, 6.07) is 19.8. The normalized spacial score (nSPS) is 20.2. The van der Waals surface area contributed by atoms with Crippen LogP contribution in [0.15, 0.2) is 73.1 Å². The number of nitrogens with zero attached hydrogens (tertiary/aromatic N) is 2. The lowest BCUT2D eigenvalue weighted by atomic mass is 9.61. The van der Waals surface area contributed by atoms with Crippen molar-refractivity contribution in [2.24, 2.45) is 5.73 Å². The number of benzene rings is 2. The van der Waals surface area contributed by atoms with Gasteiger partial charge in [0.1, 0.15) is 0 Å². The van der Waals surface area contributed by atoms with Gasteiger partial charge in [0.15, 0.2) is 0 Å². The number of para-hydroxylation sites is 1. The first-order valence-corrected chi connectivity index (χ1v) is 8.87. The van der Waals surface area contributed by atoms with Crippen LogP contribution in [-0.4, -0.2) is 28.3 Å². The molecule has 0 saturated heterocycles. The molecule has 1 saturated carbocycles. The molecule has 5 nitrogen and oxygen atoms in total. The summed E-state index contributed by atoms with van der Waals surface area (Å²) in [5, 5.41) is 7.40. The van der Waals surface area contributed by atoms with E-state index in [-0.39, 0.29) is 42.2 Å². The Bertz CT molecular complexity index is 894. The second-order valence-electron chi connectivity index (χ2n) is 6.90. The molecule has 1 amide bonds. The van der Waals surface area contributed by atoms with E-state index < -0.39 is 0 Å². The van der Waals surface area contributed by atoms with Crippen molar-refractivity contribution in [3.8, 4) is 5.69 Å². The quantitative estimate of drug-likeness (QED) is 0.665. The Morgan fingerprint density at radius 3 is 2.39 bits per heavy atom. The van der Waals surface area contributed by atoms with E-state index in [2.05, 4.69) is 22.5 Å². The summed E-state index contributed by atoms with van der Waals surface area (Å²) in [4.78, 5) is 12.8. The van der Waals surface area contributed by atoms with Crippen LogP contribution < -0.4 is 11.1 Å². The zero-order valence-electron chi connectivity index (χ0n) is 15.3. The van der Waals surface area contributed by atoms with Gasteiger partial charge >= 0.3 is 0 Å². The van der Waals surface area contributed by atoms with Crippen molar-refractivity contribution in [3.63, 3.8) is 0 Å². The summed E-state index contributed by atoms with van der Waals surface area (Å²) < 4.78 is 1.71. The van der Waals surface area contributed by atoms with Crippen LogP contribution >= 0.6 is 24.8 Å². The van der Waals surface area contributed by atoms with Gasteiger partial charge in [-0.05, 0) is 36.6 Å². The van der Waals surface area contributed by atoms with E-state index in [1.807, 2.05) is 54.7 Å². The number of amides is 1. The highest BCUT2D eigenvalue weighted by molar-refractivity contribution is 5.98. The van der Waals surface area contributed by atoms with Gasteiger partial charge in [-0.25, -0.2) is 4.68 Å². The van der Waals surface area contributed by atoms with E-state index in [9.17, 15) is 4.79 Å². The van der Waals surface area contributed by atoms with Gasteiger partial charge in [-0.3, -0.25) is 4.79 Å². The molecule has 0 aliphatic heterocycles. The standard InChI is InChI=1S/C21H22N4O.2ClH/c22-15-21(16-7-2-1-3-8-16)13-17(14-21)24-20(26)18-9-4-5-10-19(18)25-12-6-11-23-25;;/h1-12,17H,13-15,22H2,(H,24,26);2*1H. The molecular weight excluding hydrogens is 395 g/mol. The molecule has 3 aromatic rings. The molecule has 0 spiro atoms. The number of hydrogen-bond donors (Lipinski definition) is 2. The lowest BCUT2D eigenvalue weighted by Crippen LogP contribution is -2.56. The van der Waals surface area contributed by atoms with Crippen molar-refractivity contribution in [1.82, 2.24) is 15.1 Å². The predicted molar refractivity (Wildman–Crippen MR) is 116 cm³/mol. The molecule has 3 N–H and O–H groups in total. The van der Waals surface area contributed by atoms with Crippen LogP contribution in [0.5, 0.6) is 0 Å². The maximum Gasteiger partial charge on any atom is 0.253 e. The van der Waals surface area contributed by atoms with Gasteiger partial charge in [-0.15, -0.1) is 24.8 Å². The molecule has 1 aliphatic rings. The Hall–Kier alpha value is -2.34. The lowest BCUT2D eigenvalue weighted by molar-refractivity contribution is 0.0866. The fraction of sp³-hybridized carbons (Fsp3) is 0.238. The van der Waals surface area contributed by atoms with Gasteiger partial charge in [0.05, 0.1) is 11.3 Å². The molecule has 0 unspecified atom stereocenters. The molecule has 1 aromatic heterocycles. The summed E-state index contributed by atoms with van der Waals surface area (Å²) in [5.74, 6) is -0.0696. The summed E-state index contributed by atoms with van der Waals surface area (Å²) >= 11 is 0. The maximum atomic E-state index is 12.8. The zero-order chi connectivity index (χ0) is 18.0. The third-order valence-corrected chi connectivity index (χ3v) is 5.29. The van der Waals surface area contributed by atoms with Gasteiger partial charge in [0, 0.05) is 30.4 Å². The lowest BCUT2D eigenvalue weighted by Gasteiger charge is -2.48. The first-order valence-electron chi connectivity index (χ1n) is 8.87. The van der Waals surface area contributed by atoms with Gasteiger partial charge in [0.2, 0.25) is 0 Å². The first kappa shape index (κ1) is 22.0. The number of nitrogens with two attached hydrogens (primary N) is 1. The van der Waals surface area contributed by atoms with Crippen LogP contribution in [0.4, 0.5) is 0 Å². The third kappa shape index (κ3) is 4.07. The Balaban J connectivity index is 0.00000140. The molecule has 1 heterocycles. The molecule has 0 bridgehead atoms. The van der Waals surface area contributed by atoms with Crippen molar-refractivity contribution in [2.45, 2.75) is 24.3 Å². The average molecular weight is 419 g/mol. The van der Waals surface area contributed by atoms with E-state index in [0.717, 1.165) is 18.5 Å². The fourth-order valence-corrected chi connectivity index (χ4v) is 3.84. The van der Waals surface area contributed by atoms with Crippen molar-refractivity contribution < 1.29 is 4.79 Å². The van der Waals surface area contributed by atoms with Crippen LogP contribution in [0.1, 0.15) is 28.8 Å². The number of aromatic nitrogens is 2. The topological polar surface area (TPSA) is 72.9 Å². The Labute approximate surface area is 177 Å². The van der Waals surface area contributed by atoms with Crippen molar-refractivity contribution in [3.05, 3.63) is 84.2 Å². The summed E-state index contributed by atoms with van der Waals surface area (Å²) in [6.45, 7) is 0.591. The van der Waals surface area contributed by atoms with E-state index in [0.29, 0.717) is 12.1 Å². The Kier molecular flexibility index (Phi) is 7.24. The second-order valence-corrected chi connectivity index (χ2v) is 6.90. The SMILES string of the molecule is Cl.Cl.NCC1(c2ccccc2)CC(NC(=O)c2ccccc2-n2cccn2)C1. The zero-order valence-corrected chi connectivity index (χ0v) is 17.0. The molecule has 0 atom stereocenters. The average Bonchev–Trinajstić information content (AvgIpc) is 3.19. The van der Waals surface area contributed by atoms with Crippen molar-refractivity contribution >= 4 is 30.7 Å². The molecule has 7 heteroatoms. The minimum atomic E-state index is -0.0696. The van der Waals surface area contributed by atoms with E-state index >= 15 is 0 Å². The molecule has 1 fully saturated rings. The molecule has 0 radical (unpaired) electrons. The molecule has 4 rings (SSSR count). The van der Waals surface area contributed by atoms with Gasteiger partial charge in [-0.2, -0.15) is 5.10 Å². The number of hydrogen-bond acceptors (Lipinski definition) is 3. The van der Waals surface area contributed by atoms with E-state index in [1.54, 1.807) is 10.9 Å². The van der Waals surface area contributed by atoms with Gasteiger partial charge in [-0.1, -0.05) is 42.5 Å². The molecule has 1 aliphatic carbocycles. The Morgan fingerprint density at radius 1 is 1.07 bits per heavy atom. The molecule has 28 heavy (non-hydrogen) atoms. The van der Waals surface area contributed by atoms with Crippen LogP contribution in [0.3, 0.4) is 0 Å². The second kappa shape index (κ2) is 9.24. The molecule has 148 valence electrons. The van der Waals surface area contributed by atoms with Gasteiger partial charge in [0.25, 0.3) is 5.91 Å². The van der Waals surface area contributed by atoms with E-state index in [1.165, 1.54) is 5.56 Å². The number of nitrogens with one attached hydrogen (secondary N) is 1. The van der Waals surface area contributed by atoms with E-state index in [4.69, 9.17) is 5.73 Å². The van der Waals surface area contributed by atoms with Crippen molar-refractivity contribution in [1.29, 1.82) is 0 Å². The number of halogens is 2.